The van der Waals surface area contributed by atoms with Gasteiger partial charge in [0.1, 0.15) is 0 Å². The van der Waals surface area contributed by atoms with Crippen LogP contribution in [0.5, 0.6) is 0 Å². The predicted octanol–water partition coefficient (Wildman–Crippen LogP) is 8.81. The molecule has 0 radical (unpaired) electrons. The molecule has 0 rings (SSSR count). The Morgan fingerprint density at radius 3 is 0.719 bits per heavy atom. The van der Waals surface area contributed by atoms with Gasteiger partial charge >= 0.3 is 30.4 Å². The first-order valence-corrected chi connectivity index (χ1v) is 8.83. The fraction of sp³-hybridized carbons (Fsp3) is 1.00. The Balaban J connectivity index is -0.000000441. The molecule has 0 saturated heterocycles. The van der Waals surface area contributed by atoms with Crippen molar-refractivity contribution in [3.63, 3.8) is 0 Å². The summed E-state index contributed by atoms with van der Waals surface area (Å²) in [6, 6.07) is 0. The van der Waals surface area contributed by atoms with Crippen molar-refractivity contribution in [2.45, 2.75) is 106 Å². The highest BCUT2D eigenvalue weighted by Crippen LogP contribution is 2.49. The van der Waals surface area contributed by atoms with Gasteiger partial charge in [-0.05, 0) is 13.8 Å². The fourth-order valence-corrected chi connectivity index (χ4v) is 1.26. The van der Waals surface area contributed by atoms with Gasteiger partial charge in [-0.25, -0.2) is 13.2 Å². The monoisotopic (exact) mass is 506 g/mol. The van der Waals surface area contributed by atoms with E-state index in [0.717, 1.165) is 55.4 Å². The van der Waals surface area contributed by atoms with Crippen LogP contribution >= 0.6 is 0 Å². The third-order valence-electron chi connectivity index (χ3n) is 2.83. The van der Waals surface area contributed by atoms with Crippen molar-refractivity contribution < 1.29 is 62.2 Å². The number of hydrogen-bond donors (Lipinski definition) is 0. The molecule has 14 heteroatoms. The van der Waals surface area contributed by atoms with Crippen LogP contribution in [-0.4, -0.2) is 36.3 Å². The largest absolute Gasteiger partial charge is 0.449 e. The molecule has 0 aromatic rings. The Morgan fingerprint density at radius 2 is 0.656 bits per heavy atom. The molecule has 0 N–H and O–H groups in total. The predicted molar refractivity (Wildman–Crippen MR) is 93.5 cm³/mol. The lowest BCUT2D eigenvalue weighted by Crippen LogP contribution is -2.56. The average molecular weight is 506 g/mol. The molecular weight excluding hydrogens is 476 g/mol. The summed E-state index contributed by atoms with van der Waals surface area (Å²) in [6.07, 6.45) is -17.4. The van der Waals surface area contributed by atoms with E-state index < -0.39 is 47.1 Å². The van der Waals surface area contributed by atoms with E-state index in [2.05, 4.69) is 9.47 Å². The lowest BCUT2D eigenvalue weighted by atomic mass is 9.86. The van der Waals surface area contributed by atoms with Crippen LogP contribution in [0.25, 0.3) is 0 Å². The van der Waals surface area contributed by atoms with Crippen molar-refractivity contribution in [3.05, 3.63) is 0 Å². The summed E-state index contributed by atoms with van der Waals surface area (Å²) in [5.41, 5.74) is -3.78. The van der Waals surface area contributed by atoms with Gasteiger partial charge in [0.05, 0.1) is 5.41 Å². The number of halogens is 12. The molecule has 1 unspecified atom stereocenters. The maximum Gasteiger partial charge on any atom is 0.449 e. The van der Waals surface area contributed by atoms with Gasteiger partial charge in [0, 0.05) is 19.3 Å². The SMILES string of the molecule is CC(C)(F)F.CC(F)(F)OC(F)(C(C)(C)C)C(F)(F)F.CC(F)(F)OC(F)(F)C(C)(C)C. The summed E-state index contributed by atoms with van der Waals surface area (Å²) >= 11 is 0. The second-order valence-electron chi connectivity index (χ2n) is 9.26. The first-order valence-electron chi connectivity index (χ1n) is 8.83. The van der Waals surface area contributed by atoms with E-state index in [9.17, 15) is 52.7 Å². The Morgan fingerprint density at radius 1 is 0.406 bits per heavy atom. The van der Waals surface area contributed by atoms with Crippen LogP contribution in [0.1, 0.15) is 69.2 Å². The van der Waals surface area contributed by atoms with Gasteiger partial charge in [-0.2, -0.15) is 39.5 Å². The molecule has 0 aromatic carbocycles. The van der Waals surface area contributed by atoms with Gasteiger partial charge in [-0.15, -0.1) is 0 Å². The summed E-state index contributed by atoms with van der Waals surface area (Å²) in [4.78, 5) is 0. The van der Waals surface area contributed by atoms with E-state index in [1.54, 1.807) is 0 Å². The van der Waals surface area contributed by atoms with Crippen LogP contribution in [0.2, 0.25) is 0 Å². The molecule has 0 aromatic heterocycles. The number of ether oxygens (including phenoxy) is 2. The Kier molecular flexibility index (Phi) is 11.8. The summed E-state index contributed by atoms with van der Waals surface area (Å²) in [5, 5.41) is 0. The van der Waals surface area contributed by atoms with Gasteiger partial charge < -0.3 is 0 Å². The average Bonchev–Trinajstić information content (AvgIpc) is 2.27. The molecular formula is C18H30F12O2. The zero-order valence-electron chi connectivity index (χ0n) is 19.4. The minimum Gasteiger partial charge on any atom is -0.274 e. The molecule has 0 fully saturated rings. The fourth-order valence-electron chi connectivity index (χ4n) is 1.26. The molecule has 2 nitrogen and oxygen atoms in total. The number of alkyl halides is 12. The van der Waals surface area contributed by atoms with Gasteiger partial charge in [0.15, 0.2) is 0 Å². The van der Waals surface area contributed by atoms with E-state index in [0.29, 0.717) is 0 Å². The van der Waals surface area contributed by atoms with Crippen LogP contribution < -0.4 is 0 Å². The van der Waals surface area contributed by atoms with Gasteiger partial charge in [-0.3, -0.25) is 9.47 Å². The standard InChI is InChI=1S/C8H12F6O.C7H12F4O.C3H6F2/c1-5(2,3)7(11,8(12,13)14)15-6(4,9)10;1-5(2,3)7(10,11)12-6(4,8)9;1-3(2,4)5/h1-4H3;1-4H3;1-2H3. The highest BCUT2D eigenvalue weighted by molar-refractivity contribution is 4.90. The highest BCUT2D eigenvalue weighted by atomic mass is 19.4. The molecule has 0 amide bonds. The van der Waals surface area contributed by atoms with Crippen molar-refractivity contribution in [2.24, 2.45) is 10.8 Å². The Labute approximate surface area is 179 Å². The van der Waals surface area contributed by atoms with E-state index in [-0.39, 0.29) is 13.8 Å². The Hall–Kier alpha value is -0.920. The second-order valence-corrected chi connectivity index (χ2v) is 9.26. The van der Waals surface area contributed by atoms with E-state index >= 15 is 0 Å². The molecule has 0 bridgehead atoms. The third kappa shape index (κ3) is 15.8. The first kappa shape index (κ1) is 35.7. The first-order chi connectivity index (χ1) is 13.2. The van der Waals surface area contributed by atoms with Crippen molar-refractivity contribution in [3.8, 4) is 0 Å². The lowest BCUT2D eigenvalue weighted by Gasteiger charge is -2.39. The quantitative estimate of drug-likeness (QED) is 0.355. The molecule has 1 atom stereocenters. The van der Waals surface area contributed by atoms with Crippen molar-refractivity contribution in [2.75, 3.05) is 0 Å². The maximum atomic E-state index is 13.5. The van der Waals surface area contributed by atoms with Crippen molar-refractivity contribution in [1.82, 2.24) is 0 Å². The molecule has 0 aliphatic carbocycles. The van der Waals surface area contributed by atoms with Crippen LogP contribution in [0.3, 0.4) is 0 Å². The van der Waals surface area contributed by atoms with E-state index in [4.69, 9.17) is 0 Å². The Bertz CT molecular complexity index is 521. The number of hydrogen-bond acceptors (Lipinski definition) is 2. The molecule has 0 heterocycles. The van der Waals surface area contributed by atoms with Crippen LogP contribution in [0.15, 0.2) is 0 Å². The zero-order valence-corrected chi connectivity index (χ0v) is 19.4. The molecule has 0 spiro atoms. The minimum absolute atomic E-state index is 0.0544. The summed E-state index contributed by atoms with van der Waals surface area (Å²) in [6.45, 7) is 7.90. The van der Waals surface area contributed by atoms with Gasteiger partial charge in [0.2, 0.25) is 5.92 Å². The highest BCUT2D eigenvalue weighted by Gasteiger charge is 2.67. The number of rotatable bonds is 4. The topological polar surface area (TPSA) is 18.5 Å². The summed E-state index contributed by atoms with van der Waals surface area (Å²) in [5.74, 6) is -6.89. The maximum absolute atomic E-state index is 13.5. The smallest absolute Gasteiger partial charge is 0.274 e. The van der Waals surface area contributed by atoms with Crippen LogP contribution in [0.4, 0.5) is 52.7 Å². The van der Waals surface area contributed by atoms with Crippen molar-refractivity contribution in [1.29, 1.82) is 0 Å². The van der Waals surface area contributed by atoms with Crippen molar-refractivity contribution >= 4 is 0 Å². The third-order valence-corrected chi connectivity index (χ3v) is 2.83. The van der Waals surface area contributed by atoms with Crippen LogP contribution in [0, 0.1) is 10.8 Å². The normalized spacial score (nSPS) is 16.3. The molecule has 0 aliphatic rings. The van der Waals surface area contributed by atoms with E-state index in [1.807, 2.05) is 0 Å². The second kappa shape index (κ2) is 10.6. The minimum atomic E-state index is -5.52. The molecule has 0 saturated carbocycles. The summed E-state index contributed by atoms with van der Waals surface area (Å²) < 4.78 is 153. The van der Waals surface area contributed by atoms with E-state index in [1.165, 1.54) is 0 Å². The van der Waals surface area contributed by atoms with Gasteiger partial charge in [-0.1, -0.05) is 41.5 Å². The molecule has 0 aliphatic heterocycles. The lowest BCUT2D eigenvalue weighted by molar-refractivity contribution is -0.433. The summed E-state index contributed by atoms with van der Waals surface area (Å²) in [7, 11) is 0. The van der Waals surface area contributed by atoms with Crippen LogP contribution in [-0.2, 0) is 9.47 Å². The molecule has 32 heavy (non-hydrogen) atoms. The molecule has 198 valence electrons. The zero-order chi connectivity index (χ0) is 27.4. The van der Waals surface area contributed by atoms with Gasteiger partial charge in [0.25, 0.3) is 0 Å².